The molecule has 1 aliphatic heterocycles. The van der Waals surface area contributed by atoms with Gasteiger partial charge in [0.1, 0.15) is 12.7 Å². The SMILES string of the molecule is CC(=O)OC[C@H]1O[C@@H](n2cc3ccoc3nc2=O)[C@H](OC(C)=O)[C@@H]1OC(C)=O. The van der Waals surface area contributed by atoms with Crippen LogP contribution in [-0.2, 0) is 33.3 Å². The van der Waals surface area contributed by atoms with Gasteiger partial charge in [0.05, 0.1) is 11.6 Å². The second kappa shape index (κ2) is 7.80. The summed E-state index contributed by atoms with van der Waals surface area (Å²) in [5, 5.41) is 0.511. The van der Waals surface area contributed by atoms with E-state index in [4.69, 9.17) is 23.4 Å². The van der Waals surface area contributed by atoms with E-state index >= 15 is 0 Å². The zero-order chi connectivity index (χ0) is 20.4. The largest absolute Gasteiger partial charge is 0.463 e. The molecule has 0 saturated carbocycles. The second-order valence-corrected chi connectivity index (χ2v) is 6.13. The van der Waals surface area contributed by atoms with Gasteiger partial charge in [-0.05, 0) is 6.07 Å². The smallest absolute Gasteiger partial charge is 0.353 e. The summed E-state index contributed by atoms with van der Waals surface area (Å²) in [4.78, 5) is 50.6. The Morgan fingerprint density at radius 1 is 1.11 bits per heavy atom. The molecule has 1 saturated heterocycles. The van der Waals surface area contributed by atoms with E-state index in [1.807, 2.05) is 0 Å². The molecule has 4 atom stereocenters. The van der Waals surface area contributed by atoms with Gasteiger partial charge >= 0.3 is 23.6 Å². The quantitative estimate of drug-likeness (QED) is 0.515. The van der Waals surface area contributed by atoms with Crippen LogP contribution in [0.4, 0.5) is 0 Å². The van der Waals surface area contributed by atoms with Gasteiger partial charge in [-0.25, -0.2) is 4.79 Å². The van der Waals surface area contributed by atoms with Crippen LogP contribution in [0.1, 0.15) is 27.0 Å². The molecule has 3 rings (SSSR count). The van der Waals surface area contributed by atoms with Crippen molar-refractivity contribution >= 4 is 29.0 Å². The molecule has 28 heavy (non-hydrogen) atoms. The average Bonchev–Trinajstić information content (AvgIpc) is 3.16. The van der Waals surface area contributed by atoms with Crippen LogP contribution in [0.5, 0.6) is 0 Å². The van der Waals surface area contributed by atoms with Crippen molar-refractivity contribution in [2.75, 3.05) is 6.61 Å². The van der Waals surface area contributed by atoms with Crippen molar-refractivity contribution in [3.63, 3.8) is 0 Å². The molecule has 0 aliphatic carbocycles. The number of rotatable bonds is 5. The minimum absolute atomic E-state index is 0.135. The van der Waals surface area contributed by atoms with Gasteiger partial charge in [-0.15, -0.1) is 0 Å². The summed E-state index contributed by atoms with van der Waals surface area (Å²) in [7, 11) is 0. The number of aromatic nitrogens is 2. The van der Waals surface area contributed by atoms with Crippen LogP contribution in [-0.4, -0.2) is 52.4 Å². The number of hydrogen-bond acceptors (Lipinski definition) is 10. The fourth-order valence-electron chi connectivity index (χ4n) is 2.95. The molecule has 11 nitrogen and oxygen atoms in total. The Balaban J connectivity index is 2.01. The molecule has 1 fully saturated rings. The molecule has 0 radical (unpaired) electrons. The molecule has 0 unspecified atom stereocenters. The van der Waals surface area contributed by atoms with E-state index in [2.05, 4.69) is 4.98 Å². The van der Waals surface area contributed by atoms with Crippen LogP contribution in [0, 0.1) is 0 Å². The van der Waals surface area contributed by atoms with E-state index in [9.17, 15) is 19.2 Å². The number of furan rings is 1. The summed E-state index contributed by atoms with van der Waals surface area (Å²) in [5.74, 6) is -1.90. The lowest BCUT2D eigenvalue weighted by atomic mass is 10.1. The van der Waals surface area contributed by atoms with Gasteiger partial charge in [-0.2, -0.15) is 4.98 Å². The molecule has 0 aromatic carbocycles. The lowest BCUT2D eigenvalue weighted by Crippen LogP contribution is -2.41. The summed E-state index contributed by atoms with van der Waals surface area (Å²) < 4.78 is 27.5. The van der Waals surface area contributed by atoms with Gasteiger partial charge < -0.3 is 23.4 Å². The molecule has 0 amide bonds. The van der Waals surface area contributed by atoms with E-state index in [1.54, 1.807) is 6.07 Å². The van der Waals surface area contributed by atoms with Gasteiger partial charge in [0.2, 0.25) is 5.71 Å². The lowest BCUT2D eigenvalue weighted by Gasteiger charge is -2.23. The van der Waals surface area contributed by atoms with Crippen LogP contribution in [0.15, 0.2) is 27.7 Å². The van der Waals surface area contributed by atoms with Crippen molar-refractivity contribution in [3.05, 3.63) is 29.0 Å². The van der Waals surface area contributed by atoms with Crippen LogP contribution < -0.4 is 5.69 Å². The molecule has 1 aliphatic rings. The van der Waals surface area contributed by atoms with E-state index in [1.165, 1.54) is 33.2 Å². The standard InChI is InChI=1S/C17H18N2O9/c1-8(20)25-7-12-13(26-9(2)21)14(27-10(3)22)16(28-12)19-6-11-4-5-24-15(11)18-17(19)23/h4-6,12-14,16H,7H2,1-3H3/t12-,13-,14-,16-/m1/s1. The van der Waals surface area contributed by atoms with E-state index in [0.717, 1.165) is 4.57 Å². The van der Waals surface area contributed by atoms with Crippen molar-refractivity contribution in [2.45, 2.75) is 45.3 Å². The van der Waals surface area contributed by atoms with E-state index < -0.39 is 48.1 Å². The molecule has 2 aromatic rings. The van der Waals surface area contributed by atoms with Crippen LogP contribution in [0.25, 0.3) is 11.1 Å². The highest BCUT2D eigenvalue weighted by molar-refractivity contribution is 5.71. The number of carbonyl (C=O) groups is 3. The fourth-order valence-corrected chi connectivity index (χ4v) is 2.95. The Kier molecular flexibility index (Phi) is 5.45. The van der Waals surface area contributed by atoms with Crippen molar-refractivity contribution in [3.8, 4) is 0 Å². The third-order valence-corrected chi connectivity index (χ3v) is 3.99. The average molecular weight is 394 g/mol. The third-order valence-electron chi connectivity index (χ3n) is 3.99. The summed E-state index contributed by atoms with van der Waals surface area (Å²) in [5.41, 5.74) is -0.587. The van der Waals surface area contributed by atoms with Crippen LogP contribution in [0.3, 0.4) is 0 Å². The normalized spacial score (nSPS) is 24.1. The van der Waals surface area contributed by atoms with Crippen LogP contribution >= 0.6 is 0 Å². The summed E-state index contributed by atoms with van der Waals surface area (Å²) in [6.45, 7) is 3.28. The first-order valence-corrected chi connectivity index (χ1v) is 8.36. The van der Waals surface area contributed by atoms with E-state index in [-0.39, 0.29) is 12.3 Å². The number of fused-ring (bicyclic) bond motifs is 1. The monoisotopic (exact) mass is 394 g/mol. The summed E-state index contributed by atoms with van der Waals surface area (Å²) >= 11 is 0. The fraction of sp³-hybridized carbons (Fsp3) is 0.471. The Labute approximate surface area is 158 Å². The molecule has 11 heteroatoms. The highest BCUT2D eigenvalue weighted by Gasteiger charge is 2.51. The molecule has 2 aromatic heterocycles. The lowest BCUT2D eigenvalue weighted by molar-refractivity contribution is -0.166. The van der Waals surface area contributed by atoms with Crippen molar-refractivity contribution < 1.29 is 37.7 Å². The highest BCUT2D eigenvalue weighted by atomic mass is 16.7. The number of nitrogens with zero attached hydrogens (tertiary/aromatic N) is 2. The molecule has 3 heterocycles. The topological polar surface area (TPSA) is 136 Å². The molecule has 0 bridgehead atoms. The highest BCUT2D eigenvalue weighted by Crippen LogP contribution is 2.34. The maximum Gasteiger partial charge on any atom is 0.353 e. The maximum atomic E-state index is 12.4. The number of esters is 3. The Morgan fingerprint density at radius 2 is 1.79 bits per heavy atom. The number of carbonyl (C=O) groups excluding carboxylic acids is 3. The molecular formula is C17H18N2O9. The predicted molar refractivity (Wildman–Crippen MR) is 89.9 cm³/mol. The first kappa shape index (κ1) is 19.5. The Hall–Kier alpha value is -3.21. The minimum Gasteiger partial charge on any atom is -0.463 e. The number of hydrogen-bond donors (Lipinski definition) is 0. The molecule has 0 N–H and O–H groups in total. The van der Waals surface area contributed by atoms with E-state index in [0.29, 0.717) is 5.39 Å². The van der Waals surface area contributed by atoms with Gasteiger partial charge in [0.25, 0.3) is 0 Å². The minimum atomic E-state index is -1.16. The van der Waals surface area contributed by atoms with Crippen LogP contribution in [0.2, 0.25) is 0 Å². The molecule has 0 spiro atoms. The van der Waals surface area contributed by atoms with Crippen molar-refractivity contribution in [1.82, 2.24) is 9.55 Å². The summed E-state index contributed by atoms with van der Waals surface area (Å²) in [6, 6.07) is 1.59. The Bertz CT molecular complexity index is 963. The first-order valence-electron chi connectivity index (χ1n) is 8.36. The third kappa shape index (κ3) is 4.03. The van der Waals surface area contributed by atoms with Gasteiger partial charge in [-0.1, -0.05) is 0 Å². The van der Waals surface area contributed by atoms with Gasteiger partial charge in [-0.3, -0.25) is 19.0 Å². The molecular weight excluding hydrogens is 376 g/mol. The second-order valence-electron chi connectivity index (χ2n) is 6.13. The zero-order valence-electron chi connectivity index (χ0n) is 15.3. The first-order chi connectivity index (χ1) is 13.3. The van der Waals surface area contributed by atoms with Crippen molar-refractivity contribution in [1.29, 1.82) is 0 Å². The number of ether oxygens (including phenoxy) is 4. The maximum absolute atomic E-state index is 12.4. The summed E-state index contributed by atoms with van der Waals surface area (Å²) in [6.07, 6.45) is -1.59. The predicted octanol–water partition coefficient (Wildman–Crippen LogP) is 0.313. The Morgan fingerprint density at radius 3 is 2.43 bits per heavy atom. The van der Waals surface area contributed by atoms with Gasteiger partial charge in [0, 0.05) is 27.0 Å². The molecule has 150 valence electrons. The van der Waals surface area contributed by atoms with Crippen molar-refractivity contribution in [2.24, 2.45) is 0 Å². The zero-order valence-corrected chi connectivity index (χ0v) is 15.3. The van der Waals surface area contributed by atoms with Gasteiger partial charge in [0.15, 0.2) is 18.4 Å².